The quantitative estimate of drug-likeness (QED) is 0.554. The fraction of sp³-hybridized carbons (Fsp3) is 0.357. The van der Waals surface area contributed by atoms with Crippen molar-refractivity contribution in [2.45, 2.75) is 26.3 Å². The lowest BCUT2D eigenvalue weighted by Crippen LogP contribution is -2.42. The average Bonchev–Trinajstić information content (AvgIpc) is 2.42. The normalized spacial score (nSPS) is 10.2. The van der Waals surface area contributed by atoms with Crippen molar-refractivity contribution in [3.8, 4) is 0 Å². The zero-order valence-corrected chi connectivity index (χ0v) is 12.4. The van der Waals surface area contributed by atoms with Crippen molar-refractivity contribution < 1.29 is 9.59 Å². The van der Waals surface area contributed by atoms with E-state index in [2.05, 4.69) is 36.7 Å². The molecule has 0 bridgehead atoms. The van der Waals surface area contributed by atoms with Crippen LogP contribution >= 0.6 is 12.2 Å². The molecule has 0 atom stereocenters. The molecule has 108 valence electrons. The van der Waals surface area contributed by atoms with E-state index in [9.17, 15) is 9.59 Å². The van der Waals surface area contributed by atoms with Crippen LogP contribution < -0.4 is 16.4 Å². The van der Waals surface area contributed by atoms with Gasteiger partial charge in [-0.15, -0.1) is 0 Å². The number of carbonyl (C=O) groups excluding carboxylic acids is 2. The van der Waals surface area contributed by atoms with Crippen LogP contribution in [0.1, 0.15) is 30.9 Å². The summed E-state index contributed by atoms with van der Waals surface area (Å²) >= 11 is 4.61. The largest absolute Gasteiger partial charge is 0.392 e. The van der Waals surface area contributed by atoms with Gasteiger partial charge in [0.15, 0.2) is 0 Å². The smallest absolute Gasteiger partial charge is 0.309 e. The molecule has 6 heteroatoms. The van der Waals surface area contributed by atoms with E-state index in [1.165, 1.54) is 5.56 Å². The van der Waals surface area contributed by atoms with Crippen LogP contribution in [0.3, 0.4) is 0 Å². The summed E-state index contributed by atoms with van der Waals surface area (Å²) in [5.74, 6) is -0.977. The van der Waals surface area contributed by atoms with Crippen molar-refractivity contribution in [1.82, 2.24) is 10.6 Å². The Balaban J connectivity index is 2.44. The highest BCUT2D eigenvalue weighted by Crippen LogP contribution is 2.14. The molecule has 5 nitrogen and oxygen atoms in total. The molecule has 0 unspecified atom stereocenters. The van der Waals surface area contributed by atoms with Gasteiger partial charge < -0.3 is 16.4 Å². The summed E-state index contributed by atoms with van der Waals surface area (Å²) < 4.78 is 0. The molecule has 0 radical (unpaired) electrons. The van der Waals surface area contributed by atoms with E-state index in [1.807, 2.05) is 24.3 Å². The van der Waals surface area contributed by atoms with E-state index < -0.39 is 11.8 Å². The third kappa shape index (κ3) is 5.36. The fourth-order valence-electron chi connectivity index (χ4n) is 1.53. The number of carbonyl (C=O) groups is 2. The zero-order chi connectivity index (χ0) is 15.1. The highest BCUT2D eigenvalue weighted by molar-refractivity contribution is 7.80. The SMILES string of the molecule is CC(C)c1ccc(CNC(=O)C(=O)NCC(N)=S)cc1. The van der Waals surface area contributed by atoms with Crippen LogP contribution in [0.15, 0.2) is 24.3 Å². The molecular weight excluding hydrogens is 274 g/mol. The van der Waals surface area contributed by atoms with Gasteiger partial charge in [0.25, 0.3) is 0 Å². The number of thiocarbonyl (C=S) groups is 1. The summed E-state index contributed by atoms with van der Waals surface area (Å²) in [5, 5.41) is 4.86. The third-order valence-electron chi connectivity index (χ3n) is 2.73. The summed E-state index contributed by atoms with van der Waals surface area (Å²) in [6, 6.07) is 7.89. The second kappa shape index (κ2) is 7.59. The highest BCUT2D eigenvalue weighted by atomic mass is 32.1. The number of hydrogen-bond donors (Lipinski definition) is 3. The molecule has 0 spiro atoms. The number of rotatable bonds is 5. The Hall–Kier alpha value is -1.95. The number of nitrogens with one attached hydrogen (secondary N) is 2. The Morgan fingerprint density at radius 3 is 2.20 bits per heavy atom. The molecule has 0 saturated carbocycles. The molecule has 0 aromatic heterocycles. The minimum Gasteiger partial charge on any atom is -0.392 e. The predicted octanol–water partition coefficient (Wildman–Crippen LogP) is 0.829. The van der Waals surface area contributed by atoms with Crippen LogP contribution in [0.4, 0.5) is 0 Å². The predicted molar refractivity (Wildman–Crippen MR) is 82.2 cm³/mol. The molecule has 1 aromatic carbocycles. The van der Waals surface area contributed by atoms with Crippen LogP contribution in [0.2, 0.25) is 0 Å². The summed E-state index contributed by atoms with van der Waals surface area (Å²) in [6.07, 6.45) is 0. The maximum Gasteiger partial charge on any atom is 0.309 e. The average molecular weight is 293 g/mol. The van der Waals surface area contributed by atoms with E-state index in [0.717, 1.165) is 5.56 Å². The highest BCUT2D eigenvalue weighted by Gasteiger charge is 2.12. The van der Waals surface area contributed by atoms with Gasteiger partial charge in [0.1, 0.15) is 0 Å². The summed E-state index contributed by atoms with van der Waals surface area (Å²) in [4.78, 5) is 23.0. The van der Waals surface area contributed by atoms with Gasteiger partial charge in [-0.1, -0.05) is 50.3 Å². The van der Waals surface area contributed by atoms with Crippen LogP contribution in [0.5, 0.6) is 0 Å². The number of hydrogen-bond acceptors (Lipinski definition) is 3. The Kier molecular flexibility index (Phi) is 6.11. The Morgan fingerprint density at radius 1 is 1.15 bits per heavy atom. The first-order chi connectivity index (χ1) is 9.40. The van der Waals surface area contributed by atoms with Gasteiger partial charge in [-0.05, 0) is 17.0 Å². The van der Waals surface area contributed by atoms with Crippen LogP contribution in [-0.2, 0) is 16.1 Å². The van der Waals surface area contributed by atoms with Gasteiger partial charge in [0, 0.05) is 6.54 Å². The third-order valence-corrected chi connectivity index (χ3v) is 2.87. The second-order valence-electron chi connectivity index (χ2n) is 4.73. The number of benzene rings is 1. The van der Waals surface area contributed by atoms with Gasteiger partial charge in [0.2, 0.25) is 0 Å². The van der Waals surface area contributed by atoms with Gasteiger partial charge in [-0.3, -0.25) is 9.59 Å². The molecule has 0 heterocycles. The standard InChI is InChI=1S/C14H19N3O2S/c1-9(2)11-5-3-10(4-6-11)7-16-13(18)14(19)17-8-12(15)20/h3-6,9H,7-8H2,1-2H3,(H2,15,20)(H,16,18)(H,17,19). The van der Waals surface area contributed by atoms with Gasteiger partial charge >= 0.3 is 11.8 Å². The maximum atomic E-state index is 11.5. The molecule has 0 saturated heterocycles. The molecule has 1 rings (SSSR count). The summed E-state index contributed by atoms with van der Waals surface area (Å²) in [6.45, 7) is 4.55. The van der Waals surface area contributed by atoms with Crippen molar-refractivity contribution in [3.63, 3.8) is 0 Å². The molecule has 4 N–H and O–H groups in total. The van der Waals surface area contributed by atoms with Crippen molar-refractivity contribution in [3.05, 3.63) is 35.4 Å². The minimum atomic E-state index is -0.739. The molecular formula is C14H19N3O2S. The zero-order valence-electron chi connectivity index (χ0n) is 11.6. The lowest BCUT2D eigenvalue weighted by atomic mass is 10.0. The van der Waals surface area contributed by atoms with Gasteiger partial charge in [-0.25, -0.2) is 0 Å². The fourth-order valence-corrected chi connectivity index (χ4v) is 1.60. The van der Waals surface area contributed by atoms with Crippen molar-refractivity contribution >= 4 is 29.0 Å². The van der Waals surface area contributed by atoms with E-state index in [1.54, 1.807) is 0 Å². The summed E-state index contributed by atoms with van der Waals surface area (Å²) in [5.41, 5.74) is 7.40. The van der Waals surface area contributed by atoms with Crippen molar-refractivity contribution in [2.75, 3.05) is 6.54 Å². The maximum absolute atomic E-state index is 11.5. The van der Waals surface area contributed by atoms with Gasteiger partial charge in [0.05, 0.1) is 11.5 Å². The Morgan fingerprint density at radius 2 is 1.70 bits per heavy atom. The first kappa shape index (κ1) is 16.1. The first-order valence-electron chi connectivity index (χ1n) is 6.33. The van der Waals surface area contributed by atoms with Crippen LogP contribution in [-0.4, -0.2) is 23.3 Å². The van der Waals surface area contributed by atoms with Crippen LogP contribution in [0.25, 0.3) is 0 Å². The Bertz CT molecular complexity index is 498. The molecule has 1 aromatic rings. The number of nitrogens with two attached hydrogens (primary N) is 1. The van der Waals surface area contributed by atoms with Crippen molar-refractivity contribution in [2.24, 2.45) is 5.73 Å². The molecule has 20 heavy (non-hydrogen) atoms. The lowest BCUT2D eigenvalue weighted by Gasteiger charge is -2.08. The molecule has 0 aliphatic rings. The summed E-state index contributed by atoms with van der Waals surface area (Å²) in [7, 11) is 0. The van der Waals surface area contributed by atoms with E-state index >= 15 is 0 Å². The second-order valence-corrected chi connectivity index (χ2v) is 5.25. The topological polar surface area (TPSA) is 84.2 Å². The first-order valence-corrected chi connectivity index (χ1v) is 6.74. The Labute approximate surface area is 123 Å². The molecule has 2 amide bonds. The minimum absolute atomic E-state index is 0.0185. The molecule has 0 aliphatic carbocycles. The van der Waals surface area contributed by atoms with E-state index in [4.69, 9.17) is 5.73 Å². The van der Waals surface area contributed by atoms with E-state index in [0.29, 0.717) is 12.5 Å². The van der Waals surface area contributed by atoms with Crippen molar-refractivity contribution in [1.29, 1.82) is 0 Å². The lowest BCUT2D eigenvalue weighted by molar-refractivity contribution is -0.139. The van der Waals surface area contributed by atoms with E-state index in [-0.39, 0.29) is 11.5 Å². The van der Waals surface area contributed by atoms with Crippen LogP contribution in [0, 0.1) is 0 Å². The van der Waals surface area contributed by atoms with Gasteiger partial charge in [-0.2, -0.15) is 0 Å². The molecule has 0 fully saturated rings. The molecule has 0 aliphatic heterocycles. The monoisotopic (exact) mass is 293 g/mol. The number of amides is 2.